The van der Waals surface area contributed by atoms with Gasteiger partial charge in [0.2, 0.25) is 0 Å². The van der Waals surface area contributed by atoms with E-state index in [0.29, 0.717) is 11.2 Å². The lowest BCUT2D eigenvalue weighted by Gasteiger charge is -2.37. The molecule has 0 unspecified atom stereocenters. The average molecular weight is 479 g/mol. The van der Waals surface area contributed by atoms with E-state index in [2.05, 4.69) is 76.5 Å². The Morgan fingerprint density at radius 2 is 1.15 bits per heavy atom. The maximum absolute atomic E-state index is 13.2. The Balaban J connectivity index is 0.000000696. The second-order valence-electron chi connectivity index (χ2n) is 8.62. The van der Waals surface area contributed by atoms with Gasteiger partial charge in [0.05, 0.1) is 27.2 Å². The summed E-state index contributed by atoms with van der Waals surface area (Å²) in [6, 6.07) is 21.1. The third-order valence-corrected chi connectivity index (χ3v) is 6.33. The molecule has 1 aliphatic heterocycles. The average Bonchev–Trinajstić information content (AvgIpc) is 3.12. The summed E-state index contributed by atoms with van der Waals surface area (Å²) in [5, 5.41) is 0. The molecule has 2 aromatic rings. The molecule has 182 valence electrons. The topological polar surface area (TPSA) is 104 Å². The van der Waals surface area contributed by atoms with Crippen molar-refractivity contribution in [2.24, 2.45) is 0 Å². The van der Waals surface area contributed by atoms with E-state index < -0.39 is 10.4 Å². The first-order valence-corrected chi connectivity index (χ1v) is 12.3. The second-order valence-corrected chi connectivity index (χ2v) is 9.43. The lowest BCUT2D eigenvalue weighted by molar-refractivity contribution is -0.914. The molecule has 0 atom stereocenters. The second kappa shape index (κ2) is 11.1. The molecule has 1 aliphatic rings. The Labute approximate surface area is 197 Å². The van der Waals surface area contributed by atoms with Crippen molar-refractivity contribution in [3.05, 3.63) is 60.7 Å². The maximum Gasteiger partial charge on any atom is 0.328 e. The normalized spacial score (nSPS) is 14.8. The Morgan fingerprint density at radius 1 is 0.788 bits per heavy atom. The first-order chi connectivity index (χ1) is 15.4. The van der Waals surface area contributed by atoms with Crippen molar-refractivity contribution in [1.82, 2.24) is 14.3 Å². The molecule has 2 amide bonds. The molecule has 0 spiro atoms. The van der Waals surface area contributed by atoms with E-state index in [4.69, 9.17) is 17.5 Å². The molecule has 33 heavy (non-hydrogen) atoms. The summed E-state index contributed by atoms with van der Waals surface area (Å²) >= 11 is 0. The van der Waals surface area contributed by atoms with Gasteiger partial charge in [0.1, 0.15) is 11.4 Å². The van der Waals surface area contributed by atoms with E-state index in [1.165, 1.54) is 11.4 Å². The van der Waals surface area contributed by atoms with Gasteiger partial charge in [0.15, 0.2) is 13.3 Å². The lowest BCUT2D eigenvalue weighted by Crippen LogP contribution is -2.54. The van der Waals surface area contributed by atoms with Crippen LogP contribution in [0.2, 0.25) is 0 Å². The fourth-order valence-corrected chi connectivity index (χ4v) is 3.90. The van der Waals surface area contributed by atoms with Gasteiger partial charge in [-0.1, -0.05) is 36.4 Å². The molecule has 10 heteroatoms. The molecule has 9 nitrogen and oxygen atoms in total. The Bertz CT molecular complexity index is 951. The molecular formula is C23H34N4O5S. The number of hydrogen-bond acceptors (Lipinski definition) is 5. The summed E-state index contributed by atoms with van der Waals surface area (Å²) in [6.45, 7) is 9.44. The predicted molar refractivity (Wildman–Crippen MR) is 127 cm³/mol. The maximum atomic E-state index is 13.2. The standard InChI is InChI=1S/C23H34N4O.H2O4S/c1-5-26(3,6-2)19-24-17-18-25(23(24)28)20-27(4,21-13-9-7-10-14-21)22-15-11-8-12-16-22;1-5(2,3)4/h7-16H,5-6,17-20H2,1-4H3;(H2,1,2,3,4)/q+2;/p-2. The van der Waals surface area contributed by atoms with Gasteiger partial charge in [-0.15, -0.1) is 0 Å². The predicted octanol–water partition coefficient (Wildman–Crippen LogP) is 2.76. The molecule has 0 bridgehead atoms. The van der Waals surface area contributed by atoms with Gasteiger partial charge in [-0.3, -0.25) is 18.2 Å². The zero-order valence-corrected chi connectivity index (χ0v) is 20.6. The minimum atomic E-state index is -5.17. The Kier molecular flexibility index (Phi) is 8.98. The fraction of sp³-hybridized carbons (Fsp3) is 0.435. The van der Waals surface area contributed by atoms with Crippen LogP contribution < -0.4 is 4.48 Å². The van der Waals surface area contributed by atoms with E-state index >= 15 is 0 Å². The van der Waals surface area contributed by atoms with Gasteiger partial charge >= 0.3 is 6.03 Å². The van der Waals surface area contributed by atoms with Crippen molar-refractivity contribution >= 4 is 27.8 Å². The van der Waals surface area contributed by atoms with Crippen LogP contribution in [-0.2, 0) is 10.4 Å². The highest BCUT2D eigenvalue weighted by atomic mass is 32.3. The number of rotatable bonds is 8. The number of hydrogen-bond donors (Lipinski definition) is 0. The van der Waals surface area contributed by atoms with Crippen LogP contribution in [0.25, 0.3) is 0 Å². The van der Waals surface area contributed by atoms with Crippen LogP contribution in [0, 0.1) is 0 Å². The van der Waals surface area contributed by atoms with E-state index in [-0.39, 0.29) is 6.03 Å². The summed E-state index contributed by atoms with van der Waals surface area (Å²) in [7, 11) is -0.747. The van der Waals surface area contributed by atoms with Crippen molar-refractivity contribution in [3.63, 3.8) is 0 Å². The highest BCUT2D eigenvalue weighted by Gasteiger charge is 2.39. The molecule has 3 rings (SSSR count). The van der Waals surface area contributed by atoms with Crippen molar-refractivity contribution in [1.29, 1.82) is 0 Å². The third-order valence-electron chi connectivity index (χ3n) is 6.33. The van der Waals surface area contributed by atoms with Crippen LogP contribution >= 0.6 is 0 Å². The van der Waals surface area contributed by atoms with Gasteiger partial charge in [-0.2, -0.15) is 0 Å². The zero-order chi connectivity index (χ0) is 24.7. The van der Waals surface area contributed by atoms with Gasteiger partial charge in [-0.25, -0.2) is 9.28 Å². The molecule has 2 aromatic carbocycles. The lowest BCUT2D eigenvalue weighted by atomic mass is 10.2. The summed E-state index contributed by atoms with van der Waals surface area (Å²) in [5.74, 6) is 0. The fourth-order valence-electron chi connectivity index (χ4n) is 3.90. The van der Waals surface area contributed by atoms with Crippen LogP contribution in [0.3, 0.4) is 0 Å². The van der Waals surface area contributed by atoms with E-state index in [9.17, 15) is 4.79 Å². The van der Waals surface area contributed by atoms with Gasteiger partial charge in [-0.05, 0) is 38.1 Å². The van der Waals surface area contributed by atoms with Crippen molar-refractivity contribution < 1.29 is 26.8 Å². The number of amides is 2. The van der Waals surface area contributed by atoms with Crippen LogP contribution in [0.4, 0.5) is 16.2 Å². The molecule has 1 fully saturated rings. The van der Waals surface area contributed by atoms with Gasteiger partial charge in [0.25, 0.3) is 0 Å². The Hall–Kier alpha value is -2.50. The van der Waals surface area contributed by atoms with Crippen LogP contribution in [0.5, 0.6) is 0 Å². The molecule has 0 N–H and O–H groups in total. The number of benzene rings is 2. The van der Waals surface area contributed by atoms with E-state index in [1.54, 1.807) is 0 Å². The Morgan fingerprint density at radius 3 is 1.52 bits per heavy atom. The van der Waals surface area contributed by atoms with Crippen molar-refractivity contribution in [2.75, 3.05) is 53.6 Å². The summed E-state index contributed by atoms with van der Waals surface area (Å²) in [5.41, 5.74) is 2.37. The highest BCUT2D eigenvalue weighted by molar-refractivity contribution is 7.79. The number of carbonyl (C=O) groups excluding carboxylic acids is 1. The van der Waals surface area contributed by atoms with Crippen molar-refractivity contribution in [2.45, 2.75) is 13.8 Å². The van der Waals surface area contributed by atoms with Crippen molar-refractivity contribution in [3.8, 4) is 0 Å². The molecule has 0 saturated carbocycles. The van der Waals surface area contributed by atoms with E-state index in [0.717, 1.165) is 37.3 Å². The quantitative estimate of drug-likeness (QED) is 0.330. The first kappa shape index (κ1) is 26.7. The van der Waals surface area contributed by atoms with E-state index in [1.807, 2.05) is 21.9 Å². The number of para-hydroxylation sites is 2. The summed E-state index contributed by atoms with van der Waals surface area (Å²) in [4.78, 5) is 17.2. The number of nitrogens with zero attached hydrogens (tertiary/aromatic N) is 4. The molecule has 1 heterocycles. The molecule has 1 saturated heterocycles. The van der Waals surface area contributed by atoms with Crippen LogP contribution in [0.1, 0.15) is 13.8 Å². The van der Waals surface area contributed by atoms with Gasteiger partial charge in [0, 0.05) is 23.5 Å². The summed E-state index contributed by atoms with van der Waals surface area (Å²) < 4.78 is 35.6. The van der Waals surface area contributed by atoms with Crippen LogP contribution in [-0.4, -0.2) is 91.4 Å². The largest absolute Gasteiger partial charge is 0.759 e. The van der Waals surface area contributed by atoms with Gasteiger partial charge < -0.3 is 13.6 Å². The SMILES string of the molecule is CC[N+](C)(CC)CN1CCN(C[N+](C)(c2ccccc2)c2ccccc2)C1=O.O=S(=O)([O-])[O-]. The minimum absolute atomic E-state index is 0.155. The van der Waals surface area contributed by atoms with Crippen LogP contribution in [0.15, 0.2) is 60.7 Å². The summed E-state index contributed by atoms with van der Waals surface area (Å²) in [6.07, 6.45) is 0. The smallest absolute Gasteiger partial charge is 0.328 e. The monoisotopic (exact) mass is 478 g/mol. The molecule has 0 radical (unpaired) electrons. The third kappa shape index (κ3) is 7.51. The molecular weight excluding hydrogens is 444 g/mol. The molecule has 0 aliphatic carbocycles. The number of carbonyl (C=O) groups is 1. The zero-order valence-electron chi connectivity index (χ0n) is 19.8. The first-order valence-electron chi connectivity index (χ1n) is 10.9. The highest BCUT2D eigenvalue weighted by Crippen LogP contribution is 2.33. The number of quaternary nitrogens is 2. The minimum Gasteiger partial charge on any atom is -0.759 e. The molecule has 0 aromatic heterocycles. The number of urea groups is 1.